The number of carboxylic acids is 2. The second-order valence-corrected chi connectivity index (χ2v) is 7.58. The first kappa shape index (κ1) is 32.7. The number of aliphatic hydroxyl groups is 2. The molecule has 0 unspecified atom stereocenters. The quantitative estimate of drug-likeness (QED) is 0.242. The maximum absolute atomic E-state index is 12.0. The number of aliphatic hydroxyl groups excluding tert-OH is 2. The molecule has 33 heavy (non-hydrogen) atoms. The third-order valence-electron chi connectivity index (χ3n) is 4.43. The summed E-state index contributed by atoms with van der Waals surface area (Å²) in [6, 6.07) is 0. The Labute approximate surface area is 196 Å². The number of nitrogens with zero attached hydrogens (tertiary/aromatic N) is 1. The minimum atomic E-state index is -0.833. The maximum atomic E-state index is 12.0. The van der Waals surface area contributed by atoms with Gasteiger partial charge in [0.15, 0.2) is 5.75 Å². The lowest BCUT2D eigenvalue weighted by Gasteiger charge is -2.13. The molecule has 1 heterocycles. The Morgan fingerprint density at radius 3 is 1.73 bits per heavy atom. The van der Waals surface area contributed by atoms with E-state index in [-0.39, 0.29) is 24.9 Å². The molecule has 1 aromatic heterocycles. The van der Waals surface area contributed by atoms with Gasteiger partial charge in [-0.05, 0) is 13.3 Å². The Bertz CT molecular complexity index is 671. The van der Waals surface area contributed by atoms with Gasteiger partial charge in [-0.15, -0.1) is 0 Å². The Morgan fingerprint density at radius 1 is 0.848 bits per heavy atom. The molecule has 0 amide bonds. The van der Waals surface area contributed by atoms with Crippen molar-refractivity contribution in [2.45, 2.75) is 105 Å². The molecule has 0 atom stereocenters. The number of ether oxygens (including phenoxy) is 1. The molecule has 0 saturated carbocycles. The van der Waals surface area contributed by atoms with Crippen LogP contribution in [-0.4, -0.2) is 43.3 Å². The summed E-state index contributed by atoms with van der Waals surface area (Å²) >= 11 is 0. The molecule has 0 spiro atoms. The van der Waals surface area contributed by atoms with Gasteiger partial charge in [0.1, 0.15) is 0 Å². The van der Waals surface area contributed by atoms with Crippen LogP contribution < -0.4 is 4.74 Å². The van der Waals surface area contributed by atoms with E-state index in [1.165, 1.54) is 44.7 Å². The average molecular weight is 472 g/mol. The molecule has 9 nitrogen and oxygen atoms in total. The summed E-state index contributed by atoms with van der Waals surface area (Å²) in [5.41, 5.74) is 1.47. The van der Waals surface area contributed by atoms with Crippen molar-refractivity contribution >= 4 is 17.9 Å². The van der Waals surface area contributed by atoms with Crippen molar-refractivity contribution in [3.8, 4) is 5.75 Å². The molecule has 0 fully saturated rings. The molecule has 0 bridgehead atoms. The van der Waals surface area contributed by atoms with Crippen LogP contribution in [0.25, 0.3) is 0 Å². The predicted octanol–water partition coefficient (Wildman–Crippen LogP) is 4.38. The number of pyridine rings is 1. The second kappa shape index (κ2) is 21.3. The first-order chi connectivity index (χ1) is 15.6. The fraction of sp³-hybridized carbons (Fsp3) is 0.667. The Morgan fingerprint density at radius 2 is 1.30 bits per heavy atom. The molecule has 0 aliphatic heterocycles. The van der Waals surface area contributed by atoms with Gasteiger partial charge in [0.2, 0.25) is 0 Å². The number of unbranched alkanes of at least 4 members (excludes halogenated alkanes) is 8. The monoisotopic (exact) mass is 471 g/mol. The molecule has 0 aliphatic carbocycles. The summed E-state index contributed by atoms with van der Waals surface area (Å²) in [6.07, 6.45) is 12.6. The number of carbonyl (C=O) groups excluding carboxylic acids is 1. The maximum Gasteiger partial charge on any atom is 0.311 e. The lowest BCUT2D eigenvalue weighted by Crippen LogP contribution is -2.12. The molecular weight excluding hydrogens is 430 g/mol. The molecule has 190 valence electrons. The van der Waals surface area contributed by atoms with Crippen LogP contribution in [0.4, 0.5) is 0 Å². The highest BCUT2D eigenvalue weighted by atomic mass is 16.5. The van der Waals surface area contributed by atoms with E-state index >= 15 is 0 Å². The van der Waals surface area contributed by atoms with Gasteiger partial charge in [-0.2, -0.15) is 0 Å². The molecule has 0 saturated heterocycles. The SMILES string of the molecule is CC(=O)O.CC(=O)O.CCCCCCCCCCCC(=O)Oc1c(C)ncc(CO)c1CO. The van der Waals surface area contributed by atoms with Crippen LogP contribution in [-0.2, 0) is 27.6 Å². The van der Waals surface area contributed by atoms with Crippen LogP contribution in [0.3, 0.4) is 0 Å². The minimum absolute atomic E-state index is 0.244. The van der Waals surface area contributed by atoms with Crippen LogP contribution in [0.5, 0.6) is 5.75 Å². The van der Waals surface area contributed by atoms with E-state index in [0.717, 1.165) is 33.1 Å². The van der Waals surface area contributed by atoms with Crippen LogP contribution in [0.1, 0.15) is 102 Å². The Balaban J connectivity index is 0. The lowest BCUT2D eigenvalue weighted by molar-refractivity contribution is -0.135. The van der Waals surface area contributed by atoms with Gasteiger partial charge in [-0.3, -0.25) is 19.4 Å². The van der Waals surface area contributed by atoms with Gasteiger partial charge < -0.3 is 25.2 Å². The van der Waals surface area contributed by atoms with E-state index in [0.29, 0.717) is 23.2 Å². The smallest absolute Gasteiger partial charge is 0.311 e. The highest BCUT2D eigenvalue weighted by Gasteiger charge is 2.16. The molecular formula is C24H41NO8. The van der Waals surface area contributed by atoms with Crippen molar-refractivity contribution in [1.29, 1.82) is 0 Å². The van der Waals surface area contributed by atoms with Crippen molar-refractivity contribution in [2.75, 3.05) is 0 Å². The number of rotatable bonds is 13. The largest absolute Gasteiger partial charge is 0.481 e. The fourth-order valence-electron chi connectivity index (χ4n) is 2.87. The fourth-order valence-corrected chi connectivity index (χ4v) is 2.87. The van der Waals surface area contributed by atoms with E-state index in [1.54, 1.807) is 6.92 Å². The molecule has 9 heteroatoms. The first-order valence-corrected chi connectivity index (χ1v) is 11.4. The zero-order chi connectivity index (χ0) is 25.6. The zero-order valence-electron chi connectivity index (χ0n) is 20.4. The summed E-state index contributed by atoms with van der Waals surface area (Å²) in [7, 11) is 0. The highest BCUT2D eigenvalue weighted by molar-refractivity contribution is 5.73. The standard InChI is InChI=1S/C20H33NO4.2C2H4O2/c1-3-4-5-6-7-8-9-10-11-12-19(24)25-20-16(2)21-13-17(14-22)18(20)15-23;2*1-2(3)4/h13,22-23H,3-12,14-15H2,1-2H3;2*1H3,(H,3,4). The van der Waals surface area contributed by atoms with Crippen molar-refractivity contribution < 1.29 is 39.5 Å². The second-order valence-electron chi connectivity index (χ2n) is 7.58. The molecule has 1 aromatic rings. The first-order valence-electron chi connectivity index (χ1n) is 11.4. The van der Waals surface area contributed by atoms with Crippen molar-refractivity contribution in [3.05, 3.63) is 23.0 Å². The molecule has 0 aromatic carbocycles. The van der Waals surface area contributed by atoms with Gasteiger partial charge in [0, 0.05) is 37.6 Å². The van der Waals surface area contributed by atoms with E-state index < -0.39 is 11.9 Å². The van der Waals surface area contributed by atoms with E-state index in [2.05, 4.69) is 11.9 Å². The summed E-state index contributed by atoms with van der Waals surface area (Å²) in [6.45, 7) is 5.58. The average Bonchev–Trinajstić information content (AvgIpc) is 2.73. The number of hydrogen-bond donors (Lipinski definition) is 4. The number of aryl methyl sites for hydroxylation is 1. The molecule has 1 rings (SSSR count). The summed E-state index contributed by atoms with van der Waals surface area (Å²) in [5.74, 6) is -1.69. The van der Waals surface area contributed by atoms with Gasteiger partial charge in [-0.1, -0.05) is 58.3 Å². The number of carboxylic acid groups (broad SMARTS) is 2. The predicted molar refractivity (Wildman–Crippen MR) is 125 cm³/mol. The lowest BCUT2D eigenvalue weighted by atomic mass is 10.1. The van der Waals surface area contributed by atoms with E-state index in [9.17, 15) is 15.0 Å². The minimum Gasteiger partial charge on any atom is -0.481 e. The van der Waals surface area contributed by atoms with Gasteiger partial charge in [0.25, 0.3) is 11.9 Å². The van der Waals surface area contributed by atoms with Crippen LogP contribution >= 0.6 is 0 Å². The number of hydrogen-bond acceptors (Lipinski definition) is 7. The third kappa shape index (κ3) is 19.9. The van der Waals surface area contributed by atoms with Crippen molar-refractivity contribution in [3.63, 3.8) is 0 Å². The Kier molecular flexibility index (Phi) is 21.1. The van der Waals surface area contributed by atoms with E-state index in [1.807, 2.05) is 0 Å². The van der Waals surface area contributed by atoms with Crippen LogP contribution in [0, 0.1) is 6.92 Å². The zero-order valence-corrected chi connectivity index (χ0v) is 20.4. The van der Waals surface area contributed by atoms with E-state index in [4.69, 9.17) is 24.5 Å². The summed E-state index contributed by atoms with van der Waals surface area (Å²) in [4.78, 5) is 34.2. The van der Waals surface area contributed by atoms with Gasteiger partial charge >= 0.3 is 5.97 Å². The van der Waals surface area contributed by atoms with Crippen molar-refractivity contribution in [2.24, 2.45) is 0 Å². The van der Waals surface area contributed by atoms with Crippen LogP contribution in [0.2, 0.25) is 0 Å². The number of carbonyl (C=O) groups is 3. The van der Waals surface area contributed by atoms with Crippen LogP contribution in [0.15, 0.2) is 6.20 Å². The topological polar surface area (TPSA) is 154 Å². The third-order valence-corrected chi connectivity index (χ3v) is 4.43. The molecule has 4 N–H and O–H groups in total. The van der Waals surface area contributed by atoms with Gasteiger partial charge in [-0.25, -0.2) is 0 Å². The molecule has 0 aliphatic rings. The Hall–Kier alpha value is -2.52. The summed E-state index contributed by atoms with van der Waals surface area (Å²) < 4.78 is 5.41. The molecule has 0 radical (unpaired) electrons. The van der Waals surface area contributed by atoms with Crippen molar-refractivity contribution in [1.82, 2.24) is 4.98 Å². The number of aromatic nitrogens is 1. The number of aliphatic carboxylic acids is 2. The highest BCUT2D eigenvalue weighted by Crippen LogP contribution is 2.26. The van der Waals surface area contributed by atoms with Gasteiger partial charge in [0.05, 0.1) is 18.9 Å². The summed E-state index contributed by atoms with van der Waals surface area (Å²) in [5, 5.41) is 33.6. The number of esters is 1. The normalized spacial score (nSPS) is 9.76.